The molecule has 5 heteroatoms. The van der Waals surface area contributed by atoms with Crippen molar-refractivity contribution in [3.05, 3.63) is 60.3 Å². The lowest BCUT2D eigenvalue weighted by Gasteiger charge is -2.28. The SMILES string of the molecule is C=C(C)c1cccc(C(C)(C)NC(=O)Nc2ccc(N3CCCCC3)nc2)c1. The van der Waals surface area contributed by atoms with Crippen LogP contribution in [0.3, 0.4) is 0 Å². The topological polar surface area (TPSA) is 57.3 Å². The number of amides is 2. The summed E-state index contributed by atoms with van der Waals surface area (Å²) in [4.78, 5) is 19.3. The number of aromatic nitrogens is 1. The van der Waals surface area contributed by atoms with E-state index in [0.29, 0.717) is 5.69 Å². The Hall–Kier alpha value is -2.82. The van der Waals surface area contributed by atoms with Crippen molar-refractivity contribution in [1.82, 2.24) is 10.3 Å². The summed E-state index contributed by atoms with van der Waals surface area (Å²) in [5.41, 5.74) is 3.27. The molecule has 1 aliphatic rings. The van der Waals surface area contributed by atoms with Gasteiger partial charge in [-0.3, -0.25) is 0 Å². The molecule has 2 N–H and O–H groups in total. The number of carbonyl (C=O) groups excluding carboxylic acids is 1. The lowest BCUT2D eigenvalue weighted by atomic mass is 9.92. The number of carbonyl (C=O) groups is 1. The first-order valence-electron chi connectivity index (χ1n) is 9.92. The van der Waals surface area contributed by atoms with E-state index in [1.807, 2.05) is 51.1 Å². The van der Waals surface area contributed by atoms with Crippen LogP contribution >= 0.6 is 0 Å². The first kappa shape index (κ1) is 19.9. The molecule has 2 heterocycles. The number of pyridine rings is 1. The highest BCUT2D eigenvalue weighted by Gasteiger charge is 2.23. The van der Waals surface area contributed by atoms with Crippen molar-refractivity contribution in [3.8, 4) is 0 Å². The molecule has 1 aromatic heterocycles. The third-order valence-corrected chi connectivity index (χ3v) is 5.19. The van der Waals surface area contributed by atoms with Gasteiger partial charge in [0.15, 0.2) is 0 Å². The van der Waals surface area contributed by atoms with Gasteiger partial charge in [0.25, 0.3) is 0 Å². The summed E-state index contributed by atoms with van der Waals surface area (Å²) in [5, 5.41) is 5.93. The minimum Gasteiger partial charge on any atom is -0.357 e. The van der Waals surface area contributed by atoms with E-state index in [2.05, 4.69) is 33.2 Å². The van der Waals surface area contributed by atoms with Gasteiger partial charge < -0.3 is 15.5 Å². The van der Waals surface area contributed by atoms with Gasteiger partial charge in [0.05, 0.1) is 17.4 Å². The molecule has 2 aromatic rings. The van der Waals surface area contributed by atoms with Gasteiger partial charge in [-0.05, 0) is 69.4 Å². The van der Waals surface area contributed by atoms with Crippen LogP contribution in [0.5, 0.6) is 0 Å². The summed E-state index contributed by atoms with van der Waals surface area (Å²) in [6.45, 7) is 12.1. The first-order valence-corrected chi connectivity index (χ1v) is 9.92. The van der Waals surface area contributed by atoms with Gasteiger partial charge in [-0.15, -0.1) is 0 Å². The first-order chi connectivity index (χ1) is 13.3. The second-order valence-electron chi connectivity index (χ2n) is 8.02. The molecular weight excluding hydrogens is 348 g/mol. The molecule has 5 nitrogen and oxygen atoms in total. The molecule has 0 unspecified atom stereocenters. The molecule has 1 fully saturated rings. The Balaban J connectivity index is 1.62. The van der Waals surface area contributed by atoms with E-state index < -0.39 is 5.54 Å². The van der Waals surface area contributed by atoms with Crippen LogP contribution in [-0.2, 0) is 5.54 Å². The molecule has 28 heavy (non-hydrogen) atoms. The summed E-state index contributed by atoms with van der Waals surface area (Å²) in [6, 6.07) is 11.7. The van der Waals surface area contributed by atoms with Crippen LogP contribution < -0.4 is 15.5 Å². The second kappa shape index (κ2) is 8.46. The monoisotopic (exact) mass is 378 g/mol. The maximum Gasteiger partial charge on any atom is 0.319 e. The van der Waals surface area contributed by atoms with Crippen LogP contribution in [0.1, 0.15) is 51.2 Å². The van der Waals surface area contributed by atoms with Gasteiger partial charge in [-0.1, -0.05) is 30.4 Å². The summed E-state index contributed by atoms with van der Waals surface area (Å²) in [5.74, 6) is 0.975. The smallest absolute Gasteiger partial charge is 0.319 e. The third-order valence-electron chi connectivity index (χ3n) is 5.19. The Labute approximate surface area is 167 Å². The number of nitrogens with one attached hydrogen (secondary N) is 2. The quantitative estimate of drug-likeness (QED) is 0.755. The van der Waals surface area contributed by atoms with Gasteiger partial charge >= 0.3 is 6.03 Å². The number of piperidine rings is 1. The third kappa shape index (κ3) is 4.91. The zero-order chi connectivity index (χ0) is 20.1. The van der Waals surface area contributed by atoms with E-state index in [-0.39, 0.29) is 6.03 Å². The number of allylic oxidation sites excluding steroid dienone is 1. The maximum absolute atomic E-state index is 12.5. The van der Waals surface area contributed by atoms with Crippen LogP contribution in [-0.4, -0.2) is 24.1 Å². The maximum atomic E-state index is 12.5. The van der Waals surface area contributed by atoms with Gasteiger partial charge in [-0.25, -0.2) is 9.78 Å². The fourth-order valence-electron chi connectivity index (χ4n) is 3.46. The number of benzene rings is 1. The second-order valence-corrected chi connectivity index (χ2v) is 8.02. The van der Waals surface area contributed by atoms with E-state index in [1.165, 1.54) is 19.3 Å². The number of anilines is 2. The molecule has 1 aromatic carbocycles. The molecule has 0 aliphatic carbocycles. The number of nitrogens with zero attached hydrogens (tertiary/aromatic N) is 2. The molecule has 2 amide bonds. The van der Waals surface area contributed by atoms with Gasteiger partial charge in [0.1, 0.15) is 5.82 Å². The van der Waals surface area contributed by atoms with Crippen molar-refractivity contribution < 1.29 is 4.79 Å². The standard InChI is InChI=1S/C23H30N4O/c1-17(2)18-9-8-10-19(15-18)23(3,4)26-22(28)25-20-11-12-21(24-16-20)27-13-6-5-7-14-27/h8-12,15-16H,1,5-7,13-14H2,2-4H3,(H2,25,26,28). The average molecular weight is 379 g/mol. The van der Waals surface area contributed by atoms with Crippen LogP contribution in [0, 0.1) is 0 Å². The highest BCUT2D eigenvalue weighted by molar-refractivity contribution is 5.89. The Morgan fingerprint density at radius 2 is 1.89 bits per heavy atom. The Kier molecular flexibility index (Phi) is 6.02. The summed E-state index contributed by atoms with van der Waals surface area (Å²) in [6.07, 6.45) is 5.44. The van der Waals surface area contributed by atoms with Crippen LogP contribution in [0.25, 0.3) is 5.57 Å². The summed E-state index contributed by atoms with van der Waals surface area (Å²) >= 11 is 0. The molecule has 3 rings (SSSR count). The molecule has 1 aliphatic heterocycles. The molecule has 1 saturated heterocycles. The van der Waals surface area contributed by atoms with E-state index in [0.717, 1.165) is 35.6 Å². The molecule has 0 atom stereocenters. The lowest BCUT2D eigenvalue weighted by Crippen LogP contribution is -2.43. The zero-order valence-electron chi connectivity index (χ0n) is 17.1. The van der Waals surface area contributed by atoms with Crippen molar-refractivity contribution in [1.29, 1.82) is 0 Å². The fraction of sp³-hybridized carbons (Fsp3) is 0.391. The number of urea groups is 1. The van der Waals surface area contributed by atoms with E-state index >= 15 is 0 Å². The largest absolute Gasteiger partial charge is 0.357 e. The van der Waals surface area contributed by atoms with Crippen molar-refractivity contribution in [2.75, 3.05) is 23.3 Å². The van der Waals surface area contributed by atoms with E-state index in [1.54, 1.807) is 6.20 Å². The highest BCUT2D eigenvalue weighted by Crippen LogP contribution is 2.24. The Bertz CT molecular complexity index is 836. The minimum absolute atomic E-state index is 0.252. The lowest BCUT2D eigenvalue weighted by molar-refractivity contribution is 0.242. The molecule has 0 spiro atoms. The predicted molar refractivity (Wildman–Crippen MR) is 117 cm³/mol. The number of rotatable bonds is 5. The number of hydrogen-bond donors (Lipinski definition) is 2. The van der Waals surface area contributed by atoms with E-state index in [4.69, 9.17) is 0 Å². The minimum atomic E-state index is -0.517. The zero-order valence-corrected chi connectivity index (χ0v) is 17.1. The van der Waals surface area contributed by atoms with E-state index in [9.17, 15) is 4.79 Å². The summed E-state index contributed by atoms with van der Waals surface area (Å²) < 4.78 is 0. The van der Waals surface area contributed by atoms with Gasteiger partial charge in [0.2, 0.25) is 0 Å². The highest BCUT2D eigenvalue weighted by atomic mass is 16.2. The normalized spacial score (nSPS) is 14.5. The Morgan fingerprint density at radius 1 is 1.14 bits per heavy atom. The fourth-order valence-corrected chi connectivity index (χ4v) is 3.46. The van der Waals surface area contributed by atoms with Crippen LogP contribution in [0.2, 0.25) is 0 Å². The Morgan fingerprint density at radius 3 is 2.54 bits per heavy atom. The van der Waals surface area contributed by atoms with Gasteiger partial charge in [-0.2, -0.15) is 0 Å². The molecule has 148 valence electrons. The molecule has 0 radical (unpaired) electrons. The van der Waals surface area contributed by atoms with Crippen molar-refractivity contribution >= 4 is 23.1 Å². The molecule has 0 saturated carbocycles. The summed E-state index contributed by atoms with van der Waals surface area (Å²) in [7, 11) is 0. The van der Waals surface area contributed by atoms with Crippen molar-refractivity contribution in [2.24, 2.45) is 0 Å². The van der Waals surface area contributed by atoms with Crippen molar-refractivity contribution in [2.45, 2.75) is 45.6 Å². The van der Waals surface area contributed by atoms with Crippen molar-refractivity contribution in [3.63, 3.8) is 0 Å². The van der Waals surface area contributed by atoms with Gasteiger partial charge in [0, 0.05) is 13.1 Å². The van der Waals surface area contributed by atoms with Crippen LogP contribution in [0.15, 0.2) is 49.2 Å². The molecular formula is C23H30N4O. The average Bonchev–Trinajstić information content (AvgIpc) is 2.69. The number of hydrogen-bond acceptors (Lipinski definition) is 3. The predicted octanol–water partition coefficient (Wildman–Crippen LogP) is 5.16. The molecule has 0 bridgehead atoms. The van der Waals surface area contributed by atoms with Crippen LogP contribution in [0.4, 0.5) is 16.3 Å².